The van der Waals surface area contributed by atoms with Crippen LogP contribution >= 0.6 is 0 Å². The summed E-state index contributed by atoms with van der Waals surface area (Å²) in [5.41, 5.74) is 0.177. The summed E-state index contributed by atoms with van der Waals surface area (Å²) < 4.78 is 21.4. The number of unbranched alkanes of at least 4 members (excludes halogenated alkanes) is 1. The van der Waals surface area contributed by atoms with E-state index < -0.39 is 17.8 Å². The van der Waals surface area contributed by atoms with E-state index in [0.717, 1.165) is 32.2 Å². The van der Waals surface area contributed by atoms with Crippen molar-refractivity contribution < 1.29 is 38.4 Å². The van der Waals surface area contributed by atoms with E-state index in [1.807, 2.05) is 0 Å². The Morgan fingerprint density at radius 1 is 1.15 bits per heavy atom. The fraction of sp³-hybridized carbons (Fsp3) is 0.679. The van der Waals surface area contributed by atoms with Gasteiger partial charge in [-0.15, -0.1) is 0 Å². The van der Waals surface area contributed by atoms with Gasteiger partial charge in [0.1, 0.15) is 11.3 Å². The van der Waals surface area contributed by atoms with Gasteiger partial charge in [-0.1, -0.05) is 25.8 Å². The molecule has 1 aliphatic rings. The number of rotatable bonds is 15. The predicted octanol–water partition coefficient (Wildman–Crippen LogP) is 4.77. The van der Waals surface area contributed by atoms with Crippen LogP contribution in [0.1, 0.15) is 65.9 Å². The first-order valence-corrected chi connectivity index (χ1v) is 13.6. The van der Waals surface area contributed by atoms with E-state index in [9.17, 15) is 19.5 Å². The maximum atomic E-state index is 12.2. The molecule has 2 rings (SSSR count). The van der Waals surface area contributed by atoms with E-state index >= 15 is 0 Å². The molecule has 39 heavy (non-hydrogen) atoms. The largest absolute Gasteiger partial charge is 0.514 e. The fourth-order valence-electron chi connectivity index (χ4n) is 4.30. The number of carbonyl (C=O) groups excluding carboxylic acids is 2. The lowest BCUT2D eigenvalue weighted by atomic mass is 10.1. The van der Waals surface area contributed by atoms with Crippen molar-refractivity contribution in [2.45, 2.75) is 78.4 Å². The first-order chi connectivity index (χ1) is 18.4. The number of nitrogens with one attached hydrogen (secondary N) is 1. The number of methoxy groups -OCH3 is 1. The molecule has 1 unspecified atom stereocenters. The third kappa shape index (κ3) is 10.9. The smallest absolute Gasteiger partial charge is 0.481 e. The minimum atomic E-state index is -0.999. The van der Waals surface area contributed by atoms with Gasteiger partial charge in [0.15, 0.2) is 18.1 Å². The second-order valence-electron chi connectivity index (χ2n) is 10.7. The van der Waals surface area contributed by atoms with Crippen molar-refractivity contribution in [2.24, 2.45) is 0 Å². The molecule has 0 radical (unpaired) electrons. The normalized spacial score (nSPS) is 13.8. The summed E-state index contributed by atoms with van der Waals surface area (Å²) in [5.74, 6) is 0.0703. The number of nitrogens with zero attached hydrogens (tertiary/aromatic N) is 2. The Morgan fingerprint density at radius 3 is 2.54 bits per heavy atom. The van der Waals surface area contributed by atoms with Crippen LogP contribution in [0.3, 0.4) is 0 Å². The van der Waals surface area contributed by atoms with Crippen LogP contribution in [-0.2, 0) is 20.7 Å². The zero-order valence-electron chi connectivity index (χ0n) is 24.2. The Kier molecular flexibility index (Phi) is 12.8. The zero-order valence-corrected chi connectivity index (χ0v) is 24.2. The lowest BCUT2D eigenvalue weighted by Gasteiger charge is -2.31. The van der Waals surface area contributed by atoms with E-state index in [2.05, 4.69) is 24.1 Å². The van der Waals surface area contributed by atoms with Crippen molar-refractivity contribution in [1.29, 1.82) is 0 Å². The second-order valence-corrected chi connectivity index (χ2v) is 10.7. The van der Waals surface area contributed by atoms with Gasteiger partial charge >= 0.3 is 12.2 Å². The summed E-state index contributed by atoms with van der Waals surface area (Å²) in [4.78, 5) is 40.0. The van der Waals surface area contributed by atoms with Gasteiger partial charge in [-0.05, 0) is 58.6 Å². The molecule has 2 amide bonds. The molecule has 0 bridgehead atoms. The first kappa shape index (κ1) is 32.2. The standard InChI is InChI=1S/C28H45N3O8/c1-7-8-10-20(2)30(14-9-18-36-6)16-17-31(26(33)34)15-13-21-11-12-22(38-27(35)39-28(3,4)5)24-25(21)37-19-23(32)29-24/h11-12,20H,7-10,13-19H2,1-6H3,(H,29,32)(H,33,34). The average Bonchev–Trinajstić information content (AvgIpc) is 2.85. The van der Waals surface area contributed by atoms with Crippen LogP contribution < -0.4 is 14.8 Å². The number of carbonyl (C=O) groups is 3. The van der Waals surface area contributed by atoms with Crippen molar-refractivity contribution in [1.82, 2.24) is 9.80 Å². The highest BCUT2D eigenvalue weighted by atomic mass is 16.7. The number of amides is 2. The SMILES string of the molecule is CCCCC(C)N(CCCOC)CCN(CCc1ccc(OC(=O)OC(C)(C)C)c2c1OCC(=O)N2)C(=O)O. The number of hydrogen-bond donors (Lipinski definition) is 2. The average molecular weight is 552 g/mol. The van der Waals surface area contributed by atoms with E-state index in [4.69, 9.17) is 18.9 Å². The second kappa shape index (κ2) is 15.5. The maximum Gasteiger partial charge on any atom is 0.514 e. The van der Waals surface area contributed by atoms with Crippen molar-refractivity contribution in [3.8, 4) is 11.5 Å². The molecule has 1 aromatic rings. The number of fused-ring (bicyclic) bond motifs is 1. The Hall–Kier alpha value is -3.05. The van der Waals surface area contributed by atoms with Crippen molar-refractivity contribution in [3.63, 3.8) is 0 Å². The molecule has 0 saturated heterocycles. The molecule has 11 heteroatoms. The van der Waals surface area contributed by atoms with Crippen LogP contribution in [0.25, 0.3) is 0 Å². The summed E-state index contributed by atoms with van der Waals surface area (Å²) in [5, 5.41) is 12.6. The van der Waals surface area contributed by atoms with Gasteiger partial charge in [0.05, 0.1) is 0 Å². The molecule has 1 aromatic carbocycles. The third-order valence-corrected chi connectivity index (χ3v) is 6.37. The highest BCUT2D eigenvalue weighted by Gasteiger charge is 2.27. The summed E-state index contributed by atoms with van der Waals surface area (Å²) >= 11 is 0. The Labute approximate surface area is 231 Å². The topological polar surface area (TPSA) is 127 Å². The van der Waals surface area contributed by atoms with Crippen LogP contribution in [0.5, 0.6) is 11.5 Å². The molecule has 1 aliphatic heterocycles. The molecule has 1 heterocycles. The molecule has 0 aromatic heterocycles. The number of carboxylic acid groups (broad SMARTS) is 1. The van der Waals surface area contributed by atoms with Crippen LogP contribution in [-0.4, -0.2) is 91.2 Å². The predicted molar refractivity (Wildman–Crippen MR) is 148 cm³/mol. The zero-order chi connectivity index (χ0) is 29.0. The Bertz CT molecular complexity index is 963. The lowest BCUT2D eigenvalue weighted by molar-refractivity contribution is -0.118. The van der Waals surface area contributed by atoms with E-state index in [1.54, 1.807) is 40.0 Å². The van der Waals surface area contributed by atoms with Crippen molar-refractivity contribution in [2.75, 3.05) is 51.8 Å². The third-order valence-electron chi connectivity index (χ3n) is 6.37. The van der Waals surface area contributed by atoms with E-state index in [0.29, 0.717) is 43.5 Å². The fourth-order valence-corrected chi connectivity index (χ4v) is 4.30. The number of ether oxygens (including phenoxy) is 4. The van der Waals surface area contributed by atoms with Crippen molar-refractivity contribution >= 4 is 23.8 Å². The van der Waals surface area contributed by atoms with Crippen LogP contribution in [0, 0.1) is 0 Å². The number of benzene rings is 1. The number of hydrogen-bond acceptors (Lipinski definition) is 8. The molecule has 11 nitrogen and oxygen atoms in total. The number of anilines is 1. The summed E-state index contributed by atoms with van der Waals surface area (Å²) in [7, 11) is 1.68. The Morgan fingerprint density at radius 2 is 1.90 bits per heavy atom. The van der Waals surface area contributed by atoms with Crippen molar-refractivity contribution in [3.05, 3.63) is 17.7 Å². The molecule has 0 saturated carbocycles. The van der Waals surface area contributed by atoms with Gasteiger partial charge in [-0.2, -0.15) is 0 Å². The van der Waals surface area contributed by atoms with Crippen LogP contribution in [0.4, 0.5) is 15.3 Å². The van der Waals surface area contributed by atoms with E-state index in [1.165, 1.54) is 4.90 Å². The van der Waals surface area contributed by atoms with Gasteiger partial charge in [0.2, 0.25) is 0 Å². The maximum absolute atomic E-state index is 12.2. The monoisotopic (exact) mass is 551 g/mol. The minimum absolute atomic E-state index is 0.0962. The molecule has 0 spiro atoms. The first-order valence-electron chi connectivity index (χ1n) is 13.6. The lowest BCUT2D eigenvalue weighted by Crippen LogP contribution is -2.43. The van der Waals surface area contributed by atoms with Gasteiger partial charge < -0.3 is 34.3 Å². The van der Waals surface area contributed by atoms with Gasteiger partial charge in [0.25, 0.3) is 5.91 Å². The molecule has 220 valence electrons. The van der Waals surface area contributed by atoms with Crippen LogP contribution in [0.2, 0.25) is 0 Å². The van der Waals surface area contributed by atoms with Gasteiger partial charge in [0, 0.05) is 45.9 Å². The summed E-state index contributed by atoms with van der Waals surface area (Å²) in [6.45, 7) is 12.0. The highest BCUT2D eigenvalue weighted by Crippen LogP contribution is 2.40. The molecule has 1 atom stereocenters. The Balaban J connectivity index is 2.12. The summed E-state index contributed by atoms with van der Waals surface area (Å²) in [6, 6.07) is 3.60. The minimum Gasteiger partial charge on any atom is -0.481 e. The van der Waals surface area contributed by atoms with Crippen LogP contribution in [0.15, 0.2) is 12.1 Å². The highest BCUT2D eigenvalue weighted by molar-refractivity contribution is 5.98. The van der Waals surface area contributed by atoms with E-state index in [-0.39, 0.29) is 30.5 Å². The van der Waals surface area contributed by atoms with Gasteiger partial charge in [-0.25, -0.2) is 9.59 Å². The molecular formula is C28H45N3O8. The molecule has 0 aliphatic carbocycles. The van der Waals surface area contributed by atoms with Gasteiger partial charge in [-0.3, -0.25) is 9.69 Å². The molecule has 2 N–H and O–H groups in total. The molecular weight excluding hydrogens is 506 g/mol. The summed E-state index contributed by atoms with van der Waals surface area (Å²) in [6.07, 6.45) is 2.63. The quantitative estimate of drug-likeness (QED) is 0.180. The molecule has 0 fully saturated rings.